The minimum Gasteiger partial charge on any atom is -0.494 e. The maximum atomic E-state index is 12.5. The van der Waals surface area contributed by atoms with Gasteiger partial charge in [-0.1, -0.05) is 49.4 Å². The van der Waals surface area contributed by atoms with E-state index in [0.717, 1.165) is 45.9 Å². The third-order valence-corrected chi connectivity index (χ3v) is 5.85. The van der Waals surface area contributed by atoms with Crippen molar-refractivity contribution in [2.24, 2.45) is 0 Å². The molecule has 0 aliphatic carbocycles. The predicted molar refractivity (Wildman–Crippen MR) is 133 cm³/mol. The molecule has 5 heteroatoms. The van der Waals surface area contributed by atoms with E-state index in [1.165, 1.54) is 0 Å². The van der Waals surface area contributed by atoms with Crippen LogP contribution in [0.25, 0.3) is 28.0 Å². The van der Waals surface area contributed by atoms with Crippen molar-refractivity contribution < 1.29 is 9.53 Å². The Balaban J connectivity index is 1.74. The number of amides is 1. The smallest absolute Gasteiger partial charge is 0.220 e. The van der Waals surface area contributed by atoms with Crippen molar-refractivity contribution in [3.63, 3.8) is 0 Å². The van der Waals surface area contributed by atoms with E-state index in [0.29, 0.717) is 19.4 Å². The number of fused-ring (bicyclic) bond motifs is 1. The highest BCUT2D eigenvalue weighted by Crippen LogP contribution is 2.29. The Morgan fingerprint density at radius 3 is 2.55 bits per heavy atom. The maximum Gasteiger partial charge on any atom is 0.220 e. The Morgan fingerprint density at radius 2 is 1.79 bits per heavy atom. The Kier molecular flexibility index (Phi) is 7.08. The standard InChI is InChI=1S/C28H31N3O2/c1-4-20(3)29-27(32)17-15-25-28(21-10-7-6-8-11-21)30-26-16-14-23(19-31(25)26)22-12-9-13-24(18-22)33-5-2/h6-14,16,18-20H,4-5,15,17H2,1-3H3,(H,29,32)/t20-/m0/s1. The lowest BCUT2D eigenvalue weighted by molar-refractivity contribution is -0.121. The van der Waals surface area contributed by atoms with Crippen LogP contribution in [0.2, 0.25) is 0 Å². The fourth-order valence-corrected chi connectivity index (χ4v) is 3.94. The van der Waals surface area contributed by atoms with E-state index in [4.69, 9.17) is 9.72 Å². The first-order valence-electron chi connectivity index (χ1n) is 11.7. The number of imidazole rings is 1. The summed E-state index contributed by atoms with van der Waals surface area (Å²) in [5.41, 5.74) is 6.05. The molecule has 33 heavy (non-hydrogen) atoms. The predicted octanol–water partition coefficient (Wildman–Crippen LogP) is 5.91. The molecule has 0 saturated carbocycles. The van der Waals surface area contributed by atoms with Crippen molar-refractivity contribution in [1.29, 1.82) is 0 Å². The van der Waals surface area contributed by atoms with Crippen LogP contribution >= 0.6 is 0 Å². The minimum absolute atomic E-state index is 0.0684. The number of hydrogen-bond donors (Lipinski definition) is 1. The molecule has 170 valence electrons. The van der Waals surface area contributed by atoms with E-state index in [-0.39, 0.29) is 11.9 Å². The Labute approximate surface area is 195 Å². The number of carbonyl (C=O) groups excluding carboxylic acids is 1. The van der Waals surface area contributed by atoms with Crippen molar-refractivity contribution in [1.82, 2.24) is 14.7 Å². The summed E-state index contributed by atoms with van der Waals surface area (Å²) >= 11 is 0. The SMILES string of the molecule is CCOc1cccc(-c2ccc3nc(-c4ccccc4)c(CCC(=O)N[C@@H](C)CC)n3c2)c1. The van der Waals surface area contributed by atoms with E-state index in [1.54, 1.807) is 0 Å². The van der Waals surface area contributed by atoms with Crippen molar-refractivity contribution in [2.45, 2.75) is 46.1 Å². The van der Waals surface area contributed by atoms with Crippen LogP contribution < -0.4 is 10.1 Å². The number of carbonyl (C=O) groups is 1. The summed E-state index contributed by atoms with van der Waals surface area (Å²) in [6.07, 6.45) is 4.06. The summed E-state index contributed by atoms with van der Waals surface area (Å²) < 4.78 is 7.81. The molecule has 0 radical (unpaired) electrons. The van der Waals surface area contributed by atoms with Crippen LogP contribution in [0, 0.1) is 0 Å². The molecule has 1 atom stereocenters. The maximum absolute atomic E-state index is 12.5. The summed E-state index contributed by atoms with van der Waals surface area (Å²) in [4.78, 5) is 17.5. The fourth-order valence-electron chi connectivity index (χ4n) is 3.94. The molecule has 0 fully saturated rings. The second kappa shape index (κ2) is 10.3. The topological polar surface area (TPSA) is 55.6 Å². The van der Waals surface area contributed by atoms with Gasteiger partial charge in [-0.05, 0) is 62.1 Å². The van der Waals surface area contributed by atoms with Gasteiger partial charge >= 0.3 is 0 Å². The number of aryl methyl sites for hydroxylation is 1. The number of ether oxygens (including phenoxy) is 1. The van der Waals surface area contributed by atoms with Gasteiger partial charge in [-0.25, -0.2) is 4.98 Å². The molecule has 0 bridgehead atoms. The zero-order chi connectivity index (χ0) is 23.2. The quantitative estimate of drug-likeness (QED) is 0.351. The van der Waals surface area contributed by atoms with E-state index in [9.17, 15) is 4.79 Å². The summed E-state index contributed by atoms with van der Waals surface area (Å²) in [5.74, 6) is 0.923. The number of hydrogen-bond acceptors (Lipinski definition) is 3. The summed E-state index contributed by atoms with van der Waals surface area (Å²) in [6, 6.07) is 22.6. The lowest BCUT2D eigenvalue weighted by Crippen LogP contribution is -2.32. The number of nitrogens with one attached hydrogen (secondary N) is 1. The lowest BCUT2D eigenvalue weighted by Gasteiger charge is -2.12. The van der Waals surface area contributed by atoms with Gasteiger partial charge in [0, 0.05) is 24.2 Å². The molecule has 4 aromatic rings. The average molecular weight is 442 g/mol. The first-order valence-corrected chi connectivity index (χ1v) is 11.7. The van der Waals surface area contributed by atoms with Crippen molar-refractivity contribution >= 4 is 11.6 Å². The molecule has 4 rings (SSSR count). The second-order valence-corrected chi connectivity index (χ2v) is 8.26. The Bertz CT molecular complexity index is 1230. The van der Waals surface area contributed by atoms with Gasteiger partial charge in [0.05, 0.1) is 18.0 Å². The molecule has 0 spiro atoms. The molecule has 1 N–H and O–H groups in total. The molecular formula is C28H31N3O2. The minimum atomic E-state index is 0.0684. The van der Waals surface area contributed by atoms with Crippen LogP contribution in [0.4, 0.5) is 0 Å². The van der Waals surface area contributed by atoms with Gasteiger partial charge in [-0.15, -0.1) is 0 Å². The van der Waals surface area contributed by atoms with Crippen LogP contribution in [-0.2, 0) is 11.2 Å². The number of nitrogens with zero attached hydrogens (tertiary/aromatic N) is 2. The molecule has 2 heterocycles. The van der Waals surface area contributed by atoms with E-state index >= 15 is 0 Å². The monoisotopic (exact) mass is 441 g/mol. The molecule has 5 nitrogen and oxygen atoms in total. The third kappa shape index (κ3) is 5.25. The average Bonchev–Trinajstić information content (AvgIpc) is 3.21. The number of aromatic nitrogens is 2. The zero-order valence-corrected chi connectivity index (χ0v) is 19.5. The van der Waals surface area contributed by atoms with Gasteiger partial charge in [-0.3, -0.25) is 4.79 Å². The van der Waals surface area contributed by atoms with Crippen LogP contribution in [0.1, 0.15) is 39.3 Å². The van der Waals surface area contributed by atoms with E-state index < -0.39 is 0 Å². The molecule has 0 unspecified atom stereocenters. The van der Waals surface area contributed by atoms with Crippen molar-refractivity contribution in [2.75, 3.05) is 6.61 Å². The molecule has 0 saturated heterocycles. The van der Waals surface area contributed by atoms with E-state index in [1.807, 2.05) is 50.2 Å². The molecule has 0 aliphatic heterocycles. The van der Waals surface area contributed by atoms with Crippen LogP contribution in [-0.4, -0.2) is 27.9 Å². The molecule has 2 aromatic heterocycles. The van der Waals surface area contributed by atoms with Gasteiger partial charge in [0.25, 0.3) is 0 Å². The molecule has 0 aliphatic rings. The number of rotatable bonds is 9. The Hall–Kier alpha value is -3.60. The van der Waals surface area contributed by atoms with Crippen molar-refractivity contribution in [3.8, 4) is 28.1 Å². The van der Waals surface area contributed by atoms with Crippen molar-refractivity contribution in [3.05, 3.63) is 78.6 Å². The van der Waals surface area contributed by atoms with E-state index in [2.05, 4.69) is 53.2 Å². The summed E-state index contributed by atoms with van der Waals surface area (Å²) in [6.45, 7) is 6.72. The van der Waals surface area contributed by atoms with Crippen LogP contribution in [0.5, 0.6) is 5.75 Å². The highest BCUT2D eigenvalue weighted by atomic mass is 16.5. The molecule has 2 aromatic carbocycles. The van der Waals surface area contributed by atoms with Crippen LogP contribution in [0.3, 0.4) is 0 Å². The van der Waals surface area contributed by atoms with Gasteiger partial charge in [0.1, 0.15) is 11.4 Å². The highest BCUT2D eigenvalue weighted by Gasteiger charge is 2.16. The normalized spacial score (nSPS) is 12.0. The third-order valence-electron chi connectivity index (χ3n) is 5.85. The van der Waals surface area contributed by atoms with Crippen LogP contribution in [0.15, 0.2) is 72.9 Å². The van der Waals surface area contributed by atoms with Gasteiger partial charge in [-0.2, -0.15) is 0 Å². The fraction of sp³-hybridized carbons (Fsp3) is 0.286. The largest absolute Gasteiger partial charge is 0.494 e. The second-order valence-electron chi connectivity index (χ2n) is 8.26. The highest BCUT2D eigenvalue weighted by molar-refractivity contribution is 5.77. The van der Waals surface area contributed by atoms with Gasteiger partial charge in [0.2, 0.25) is 5.91 Å². The number of pyridine rings is 1. The molecular weight excluding hydrogens is 410 g/mol. The van der Waals surface area contributed by atoms with Gasteiger partial charge < -0.3 is 14.5 Å². The first-order chi connectivity index (χ1) is 16.1. The van der Waals surface area contributed by atoms with Gasteiger partial charge in [0.15, 0.2) is 0 Å². The first kappa shape index (κ1) is 22.6. The Morgan fingerprint density at radius 1 is 1.00 bits per heavy atom. The summed E-state index contributed by atoms with van der Waals surface area (Å²) in [7, 11) is 0. The zero-order valence-electron chi connectivity index (χ0n) is 19.5. The molecule has 1 amide bonds. The summed E-state index contributed by atoms with van der Waals surface area (Å²) in [5, 5.41) is 3.07. The lowest BCUT2D eigenvalue weighted by atomic mass is 10.1. The number of benzene rings is 2.